The molecule has 1 saturated heterocycles. The van der Waals surface area contributed by atoms with E-state index in [1.165, 1.54) is 12.1 Å². The van der Waals surface area contributed by atoms with Gasteiger partial charge in [-0.05, 0) is 25.1 Å². The first-order chi connectivity index (χ1) is 10.5. The van der Waals surface area contributed by atoms with Gasteiger partial charge in [0, 0.05) is 30.8 Å². The van der Waals surface area contributed by atoms with Crippen molar-refractivity contribution in [2.45, 2.75) is 18.8 Å². The van der Waals surface area contributed by atoms with E-state index >= 15 is 0 Å². The molecule has 114 valence electrons. The lowest BCUT2D eigenvalue weighted by Crippen LogP contribution is -2.51. The average molecular weight is 301 g/mol. The molecule has 4 heteroatoms. The van der Waals surface area contributed by atoms with Crippen LogP contribution in [0.4, 0.5) is 14.5 Å². The Morgan fingerprint density at radius 2 is 1.77 bits per heavy atom. The number of halogens is 2. The van der Waals surface area contributed by atoms with E-state index in [0.717, 1.165) is 11.8 Å². The highest BCUT2D eigenvalue weighted by Gasteiger charge is 2.42. The summed E-state index contributed by atoms with van der Waals surface area (Å²) < 4.78 is 27.7. The highest BCUT2D eigenvalue weighted by atomic mass is 19.2. The smallest absolute Gasteiger partial charge is 0.163 e. The summed E-state index contributed by atoms with van der Waals surface area (Å²) in [6.07, 6.45) is 0.321. The largest absolute Gasteiger partial charge is 0.370 e. The lowest BCUT2D eigenvalue weighted by atomic mass is 9.74. The van der Waals surface area contributed by atoms with Crippen molar-refractivity contribution in [2.75, 3.05) is 18.0 Å². The zero-order valence-electron chi connectivity index (χ0n) is 12.4. The van der Waals surface area contributed by atoms with Crippen molar-refractivity contribution in [1.82, 2.24) is 0 Å². The molecule has 1 aliphatic heterocycles. The molecular formula is C18H17F2NO. The predicted octanol–water partition coefficient (Wildman–Crippen LogP) is 3.70. The van der Waals surface area contributed by atoms with Crippen molar-refractivity contribution in [3.05, 3.63) is 65.7 Å². The third kappa shape index (κ3) is 2.39. The van der Waals surface area contributed by atoms with E-state index < -0.39 is 17.0 Å². The first-order valence-corrected chi connectivity index (χ1v) is 7.30. The minimum atomic E-state index is -1.04. The van der Waals surface area contributed by atoms with Gasteiger partial charge in [-0.15, -0.1) is 0 Å². The van der Waals surface area contributed by atoms with Crippen molar-refractivity contribution < 1.29 is 13.6 Å². The summed E-state index contributed by atoms with van der Waals surface area (Å²) in [6.45, 7) is 2.63. The molecule has 0 bridgehead atoms. The molecule has 1 fully saturated rings. The van der Waals surface area contributed by atoms with Crippen LogP contribution in [0.2, 0.25) is 0 Å². The van der Waals surface area contributed by atoms with Crippen molar-refractivity contribution in [2.24, 2.45) is 0 Å². The van der Waals surface area contributed by atoms with Crippen LogP contribution in [0.5, 0.6) is 0 Å². The van der Waals surface area contributed by atoms with Crippen LogP contribution >= 0.6 is 0 Å². The highest BCUT2D eigenvalue weighted by Crippen LogP contribution is 2.35. The van der Waals surface area contributed by atoms with Gasteiger partial charge in [-0.3, -0.25) is 4.79 Å². The van der Waals surface area contributed by atoms with E-state index in [1.54, 1.807) is 6.92 Å². The molecule has 0 radical (unpaired) electrons. The van der Waals surface area contributed by atoms with Crippen LogP contribution in [-0.2, 0) is 10.2 Å². The van der Waals surface area contributed by atoms with Gasteiger partial charge in [-0.1, -0.05) is 30.3 Å². The quantitative estimate of drug-likeness (QED) is 0.843. The number of hydrogen-bond donors (Lipinski definition) is 0. The van der Waals surface area contributed by atoms with Crippen molar-refractivity contribution in [1.29, 1.82) is 0 Å². The Labute approximate surface area is 128 Å². The highest BCUT2D eigenvalue weighted by molar-refractivity contribution is 5.92. The molecule has 0 spiro atoms. The molecule has 2 aromatic carbocycles. The number of benzene rings is 2. The van der Waals surface area contributed by atoms with E-state index in [4.69, 9.17) is 0 Å². The molecule has 0 aliphatic carbocycles. The zero-order valence-corrected chi connectivity index (χ0v) is 12.4. The molecule has 2 nitrogen and oxygen atoms in total. The van der Waals surface area contributed by atoms with Gasteiger partial charge in [0.15, 0.2) is 11.6 Å². The normalized spacial score (nSPS) is 22.0. The molecule has 1 atom stereocenters. The Kier molecular flexibility index (Phi) is 3.69. The number of nitrogens with zero attached hydrogens (tertiary/aromatic N) is 1. The van der Waals surface area contributed by atoms with Crippen molar-refractivity contribution in [3.8, 4) is 0 Å². The van der Waals surface area contributed by atoms with Crippen LogP contribution in [0.15, 0.2) is 48.5 Å². The number of ketones is 1. The second kappa shape index (κ2) is 5.52. The summed E-state index contributed by atoms with van der Waals surface area (Å²) in [6, 6.07) is 13.7. The van der Waals surface area contributed by atoms with E-state index in [0.29, 0.717) is 19.5 Å². The van der Waals surface area contributed by atoms with Gasteiger partial charge in [0.05, 0.1) is 5.41 Å². The number of rotatable bonds is 2. The molecule has 22 heavy (non-hydrogen) atoms. The minimum absolute atomic E-state index is 0.0517. The van der Waals surface area contributed by atoms with Gasteiger partial charge >= 0.3 is 0 Å². The van der Waals surface area contributed by atoms with Crippen molar-refractivity contribution >= 4 is 11.5 Å². The molecule has 0 amide bonds. The zero-order chi connectivity index (χ0) is 15.7. The summed E-state index contributed by atoms with van der Waals surface area (Å²) in [5.41, 5.74) is 0.0801. The summed E-state index contributed by atoms with van der Waals surface area (Å²) in [5, 5.41) is 0. The molecule has 0 saturated carbocycles. The number of piperidine rings is 1. The number of para-hydroxylation sites is 1. The van der Waals surface area contributed by atoms with Crippen molar-refractivity contribution in [3.63, 3.8) is 0 Å². The Morgan fingerprint density at radius 3 is 2.50 bits per heavy atom. The molecule has 1 heterocycles. The Bertz CT molecular complexity index is 701. The summed E-state index contributed by atoms with van der Waals surface area (Å²) >= 11 is 0. The van der Waals surface area contributed by atoms with Crippen LogP contribution in [0.1, 0.15) is 18.9 Å². The summed E-state index contributed by atoms with van der Waals surface area (Å²) in [4.78, 5) is 14.5. The standard InChI is InChI=1S/C18H17F2NO/c1-18(14-8-5-9-15(19)17(14)20)12-21(11-10-16(18)22)13-6-3-2-4-7-13/h2-9H,10-12H2,1H3. The fourth-order valence-electron chi connectivity index (χ4n) is 3.09. The number of hydrogen-bond acceptors (Lipinski definition) is 2. The van der Waals surface area contributed by atoms with E-state index in [-0.39, 0.29) is 11.3 Å². The number of anilines is 1. The first-order valence-electron chi connectivity index (χ1n) is 7.30. The number of carbonyl (C=O) groups is 1. The summed E-state index contributed by atoms with van der Waals surface area (Å²) in [5.74, 6) is -1.89. The maximum absolute atomic E-state index is 14.2. The van der Waals surface area contributed by atoms with Gasteiger partial charge in [-0.25, -0.2) is 8.78 Å². The molecule has 1 aliphatic rings. The topological polar surface area (TPSA) is 20.3 Å². The van der Waals surface area contributed by atoms with Gasteiger partial charge < -0.3 is 4.90 Å². The first kappa shape index (κ1) is 14.7. The van der Waals surface area contributed by atoms with Crippen LogP contribution in [-0.4, -0.2) is 18.9 Å². The van der Waals surface area contributed by atoms with E-state index in [1.807, 2.05) is 35.2 Å². The minimum Gasteiger partial charge on any atom is -0.370 e. The summed E-state index contributed by atoms with van der Waals surface area (Å²) in [7, 11) is 0. The van der Waals surface area contributed by atoms with Gasteiger partial charge in [0.2, 0.25) is 0 Å². The molecule has 1 unspecified atom stereocenters. The number of carbonyl (C=O) groups excluding carboxylic acids is 1. The van der Waals surface area contributed by atoms with Gasteiger partial charge in [0.1, 0.15) is 5.78 Å². The monoisotopic (exact) mass is 301 g/mol. The van der Waals surface area contributed by atoms with Crippen LogP contribution in [0.3, 0.4) is 0 Å². The van der Waals surface area contributed by atoms with Crippen LogP contribution < -0.4 is 4.90 Å². The Morgan fingerprint density at radius 1 is 1.05 bits per heavy atom. The van der Waals surface area contributed by atoms with E-state index in [9.17, 15) is 13.6 Å². The predicted molar refractivity (Wildman–Crippen MR) is 82.0 cm³/mol. The third-order valence-corrected chi connectivity index (χ3v) is 4.40. The molecule has 0 aromatic heterocycles. The average Bonchev–Trinajstić information content (AvgIpc) is 2.53. The lowest BCUT2D eigenvalue weighted by molar-refractivity contribution is -0.124. The second-order valence-corrected chi connectivity index (χ2v) is 5.86. The third-order valence-electron chi connectivity index (χ3n) is 4.40. The second-order valence-electron chi connectivity index (χ2n) is 5.86. The number of Topliss-reactive ketones (excluding diaryl/α,β-unsaturated/α-hetero) is 1. The van der Waals surface area contributed by atoms with E-state index in [2.05, 4.69) is 0 Å². The fraction of sp³-hybridized carbons (Fsp3) is 0.278. The SMILES string of the molecule is CC1(c2cccc(F)c2F)CN(c2ccccc2)CCC1=O. The van der Waals surface area contributed by atoms with Crippen LogP contribution in [0, 0.1) is 11.6 Å². The van der Waals surface area contributed by atoms with Gasteiger partial charge in [0.25, 0.3) is 0 Å². The fourth-order valence-corrected chi connectivity index (χ4v) is 3.09. The maximum Gasteiger partial charge on any atom is 0.163 e. The van der Waals surface area contributed by atoms with Gasteiger partial charge in [-0.2, -0.15) is 0 Å². The van der Waals surface area contributed by atoms with Crippen LogP contribution in [0.25, 0.3) is 0 Å². The maximum atomic E-state index is 14.2. The Balaban J connectivity index is 2.00. The molecular weight excluding hydrogens is 284 g/mol. The molecule has 0 N–H and O–H groups in total. The molecule has 3 rings (SSSR count). The molecule has 2 aromatic rings. The Hall–Kier alpha value is -2.23. The lowest BCUT2D eigenvalue weighted by Gasteiger charge is -2.40.